The number of likely N-dealkylation sites (tertiary alicyclic amines) is 1. The van der Waals surface area contributed by atoms with Crippen LogP contribution in [0.15, 0.2) is 30.5 Å². The third kappa shape index (κ3) is 6.24. The second-order valence-electron chi connectivity index (χ2n) is 9.33. The van der Waals surface area contributed by atoms with Gasteiger partial charge in [0.2, 0.25) is 11.8 Å². The summed E-state index contributed by atoms with van der Waals surface area (Å²) in [6.07, 6.45) is 7.69. The Morgan fingerprint density at radius 2 is 2.06 bits per heavy atom. The molecule has 1 amide bonds. The molecule has 182 valence electrons. The number of aromatic nitrogens is 2. The van der Waals surface area contributed by atoms with Crippen LogP contribution in [-0.2, 0) is 22.4 Å². The van der Waals surface area contributed by atoms with Gasteiger partial charge in [-0.25, -0.2) is 9.97 Å². The first kappa shape index (κ1) is 24.0. The molecule has 34 heavy (non-hydrogen) atoms. The normalized spacial score (nSPS) is 16.9. The molecule has 2 aromatic rings. The van der Waals surface area contributed by atoms with E-state index in [2.05, 4.69) is 16.4 Å². The van der Waals surface area contributed by atoms with Gasteiger partial charge in [-0.15, -0.1) is 0 Å². The maximum absolute atomic E-state index is 12.8. The zero-order chi connectivity index (χ0) is 23.9. The molecule has 4 heterocycles. The molecule has 1 unspecified atom stereocenters. The first-order valence-corrected chi connectivity index (χ1v) is 12.2. The van der Waals surface area contributed by atoms with Gasteiger partial charge >= 0.3 is 5.97 Å². The van der Waals surface area contributed by atoms with E-state index in [9.17, 15) is 14.7 Å². The topological polar surface area (TPSA) is 105 Å². The molecule has 0 aromatic carbocycles. The average Bonchev–Trinajstić information content (AvgIpc) is 2.87. The lowest BCUT2D eigenvalue weighted by Crippen LogP contribution is -2.39. The molecule has 8 nitrogen and oxygen atoms in total. The van der Waals surface area contributed by atoms with Crippen molar-refractivity contribution < 1.29 is 19.4 Å². The van der Waals surface area contributed by atoms with Crippen molar-refractivity contribution in [2.24, 2.45) is 5.92 Å². The fourth-order valence-corrected chi connectivity index (χ4v) is 5.02. The Morgan fingerprint density at radius 3 is 2.76 bits per heavy atom. The van der Waals surface area contributed by atoms with Crippen LogP contribution in [0.3, 0.4) is 0 Å². The van der Waals surface area contributed by atoms with Crippen molar-refractivity contribution in [3.05, 3.63) is 47.3 Å². The predicted octanol–water partition coefficient (Wildman–Crippen LogP) is 3.66. The Labute approximate surface area is 200 Å². The molecule has 2 aliphatic rings. The molecule has 0 radical (unpaired) electrons. The summed E-state index contributed by atoms with van der Waals surface area (Å²) in [5, 5.41) is 12.8. The molecule has 2 N–H and O–H groups in total. The second-order valence-corrected chi connectivity index (χ2v) is 9.33. The van der Waals surface area contributed by atoms with Gasteiger partial charge in [-0.05, 0) is 67.6 Å². The number of carbonyl (C=O) groups is 2. The highest BCUT2D eigenvalue weighted by atomic mass is 16.5. The van der Waals surface area contributed by atoms with E-state index in [0.717, 1.165) is 68.8 Å². The summed E-state index contributed by atoms with van der Waals surface area (Å²) in [6.45, 7) is 2.41. The van der Waals surface area contributed by atoms with Gasteiger partial charge < -0.3 is 20.1 Å². The maximum Gasteiger partial charge on any atom is 0.303 e. The highest BCUT2D eigenvalue weighted by molar-refractivity contribution is 5.76. The smallest absolute Gasteiger partial charge is 0.303 e. The van der Waals surface area contributed by atoms with Crippen molar-refractivity contribution in [1.29, 1.82) is 0 Å². The van der Waals surface area contributed by atoms with E-state index < -0.39 is 5.97 Å². The molecule has 2 aliphatic heterocycles. The number of fused-ring (bicyclic) bond motifs is 1. The fraction of sp³-hybridized carbons (Fsp3) is 0.538. The van der Waals surface area contributed by atoms with Crippen molar-refractivity contribution >= 4 is 17.7 Å². The van der Waals surface area contributed by atoms with Crippen LogP contribution in [0.25, 0.3) is 0 Å². The first-order valence-electron chi connectivity index (χ1n) is 12.2. The lowest BCUT2D eigenvalue weighted by molar-refractivity contribution is -0.137. The molecule has 4 rings (SSSR count). The molecule has 0 saturated carbocycles. The van der Waals surface area contributed by atoms with Crippen LogP contribution < -0.4 is 10.1 Å². The summed E-state index contributed by atoms with van der Waals surface area (Å²) >= 11 is 0. The number of anilines is 1. The number of nitrogens with zero attached hydrogens (tertiary/aromatic N) is 3. The summed E-state index contributed by atoms with van der Waals surface area (Å²) in [7, 11) is 1.56. The molecule has 1 saturated heterocycles. The number of nitrogens with one attached hydrogen (secondary N) is 1. The minimum atomic E-state index is -0.806. The SMILES string of the molecule is COc1ccc(C(CC(=O)O)CC2CCN(C(=O)CCc3ccc4c(n3)NCCC4)CC2)cn1. The number of hydrogen-bond acceptors (Lipinski definition) is 6. The zero-order valence-corrected chi connectivity index (χ0v) is 19.8. The van der Waals surface area contributed by atoms with Crippen LogP contribution in [-0.4, -0.2) is 58.6 Å². The molecule has 1 fully saturated rings. The molecule has 1 atom stereocenters. The number of carbonyl (C=O) groups excluding carboxylic acids is 1. The van der Waals surface area contributed by atoms with Gasteiger partial charge in [0, 0.05) is 44.0 Å². The third-order valence-corrected chi connectivity index (χ3v) is 6.99. The summed E-state index contributed by atoms with van der Waals surface area (Å²) in [5.74, 6) is 1.16. The van der Waals surface area contributed by atoms with E-state index in [-0.39, 0.29) is 18.2 Å². The molecular weight excluding hydrogens is 432 g/mol. The molecular formula is C26H34N4O4. The zero-order valence-electron chi connectivity index (χ0n) is 19.8. The van der Waals surface area contributed by atoms with Gasteiger partial charge in [0.15, 0.2) is 0 Å². The summed E-state index contributed by atoms with van der Waals surface area (Å²) in [4.78, 5) is 35.1. The minimum absolute atomic E-state index is 0.0792. The van der Waals surface area contributed by atoms with E-state index >= 15 is 0 Å². The standard InChI is InChI=1S/C26H34N4O4/c1-34-23-8-5-20(17-28-23)21(16-25(32)33)15-18-10-13-30(14-11-18)24(31)9-7-22-6-4-19-3-2-12-27-26(19)29-22/h4-6,8,17-18,21H,2-3,7,9-16H2,1H3,(H,27,29)(H,32,33). The Kier molecular flexibility index (Phi) is 7.98. The minimum Gasteiger partial charge on any atom is -0.481 e. The van der Waals surface area contributed by atoms with Crippen LogP contribution in [0, 0.1) is 5.92 Å². The lowest BCUT2D eigenvalue weighted by atomic mass is 9.82. The summed E-state index contributed by atoms with van der Waals surface area (Å²) in [6, 6.07) is 7.86. The summed E-state index contributed by atoms with van der Waals surface area (Å²) < 4.78 is 5.11. The van der Waals surface area contributed by atoms with Crippen molar-refractivity contribution in [1.82, 2.24) is 14.9 Å². The highest BCUT2D eigenvalue weighted by Gasteiger charge is 2.27. The first-order chi connectivity index (χ1) is 16.5. The second kappa shape index (κ2) is 11.3. The predicted molar refractivity (Wildman–Crippen MR) is 129 cm³/mol. The number of methoxy groups -OCH3 is 1. The highest BCUT2D eigenvalue weighted by Crippen LogP contribution is 2.33. The number of piperidine rings is 1. The molecule has 0 spiro atoms. The van der Waals surface area contributed by atoms with E-state index in [1.165, 1.54) is 5.56 Å². The fourth-order valence-electron chi connectivity index (χ4n) is 5.02. The molecule has 0 bridgehead atoms. The van der Waals surface area contributed by atoms with Crippen LogP contribution in [0.5, 0.6) is 5.88 Å². The van der Waals surface area contributed by atoms with Gasteiger partial charge in [0.1, 0.15) is 5.82 Å². The number of carboxylic acid groups (broad SMARTS) is 1. The van der Waals surface area contributed by atoms with E-state index in [1.807, 2.05) is 17.0 Å². The van der Waals surface area contributed by atoms with Crippen LogP contribution in [0.4, 0.5) is 5.82 Å². The number of amides is 1. The van der Waals surface area contributed by atoms with Crippen LogP contribution >= 0.6 is 0 Å². The number of ether oxygens (including phenoxy) is 1. The van der Waals surface area contributed by atoms with Crippen LogP contribution in [0.2, 0.25) is 0 Å². The average molecular weight is 467 g/mol. The van der Waals surface area contributed by atoms with Gasteiger partial charge in [-0.1, -0.05) is 12.1 Å². The Hall–Kier alpha value is -3.16. The number of rotatable bonds is 9. The third-order valence-electron chi connectivity index (χ3n) is 6.99. The van der Waals surface area contributed by atoms with Crippen molar-refractivity contribution in [2.75, 3.05) is 32.1 Å². The molecule has 8 heteroatoms. The van der Waals surface area contributed by atoms with E-state index in [0.29, 0.717) is 24.6 Å². The van der Waals surface area contributed by atoms with Gasteiger partial charge in [0.05, 0.1) is 13.5 Å². The van der Waals surface area contributed by atoms with Gasteiger partial charge in [-0.3, -0.25) is 9.59 Å². The quantitative estimate of drug-likeness (QED) is 0.581. The number of aliphatic carboxylic acids is 1. The Bertz CT molecular complexity index is 987. The van der Waals surface area contributed by atoms with Crippen molar-refractivity contribution in [3.63, 3.8) is 0 Å². The number of carboxylic acids is 1. The number of aryl methyl sites for hydroxylation is 2. The van der Waals surface area contributed by atoms with E-state index in [4.69, 9.17) is 9.72 Å². The van der Waals surface area contributed by atoms with Gasteiger partial charge in [0.25, 0.3) is 0 Å². The van der Waals surface area contributed by atoms with Crippen LogP contribution in [0.1, 0.15) is 61.3 Å². The maximum atomic E-state index is 12.8. The van der Waals surface area contributed by atoms with Crippen molar-refractivity contribution in [2.45, 2.75) is 57.3 Å². The van der Waals surface area contributed by atoms with E-state index in [1.54, 1.807) is 19.4 Å². The number of pyridine rings is 2. The van der Waals surface area contributed by atoms with Gasteiger partial charge in [-0.2, -0.15) is 0 Å². The lowest BCUT2D eigenvalue weighted by Gasteiger charge is -2.33. The molecule has 0 aliphatic carbocycles. The monoisotopic (exact) mass is 466 g/mol. The number of hydrogen-bond donors (Lipinski definition) is 2. The van der Waals surface area contributed by atoms with Crippen molar-refractivity contribution in [3.8, 4) is 5.88 Å². The Morgan fingerprint density at radius 1 is 1.24 bits per heavy atom. The molecule has 2 aromatic heterocycles. The summed E-state index contributed by atoms with van der Waals surface area (Å²) in [5.41, 5.74) is 3.14. The largest absolute Gasteiger partial charge is 0.481 e. The Balaban J connectivity index is 1.26.